The molecule has 34 heavy (non-hydrogen) atoms. The predicted molar refractivity (Wildman–Crippen MR) is 140 cm³/mol. The molecular weight excluding hydrogens is 410 g/mol. The van der Waals surface area contributed by atoms with Crippen LogP contribution in [0, 0.1) is 0 Å². The molecule has 1 nitrogen and oxygen atoms in total. The van der Waals surface area contributed by atoms with Crippen molar-refractivity contribution in [3.8, 4) is 27.9 Å². The van der Waals surface area contributed by atoms with Gasteiger partial charge in [0.25, 0.3) is 0 Å². The molecule has 0 amide bonds. The van der Waals surface area contributed by atoms with Gasteiger partial charge in [-0.3, -0.25) is 0 Å². The molecule has 0 saturated heterocycles. The third-order valence-corrected chi connectivity index (χ3v) is 8.40. The van der Waals surface area contributed by atoms with Crippen molar-refractivity contribution in [3.63, 3.8) is 0 Å². The Balaban J connectivity index is 1.41. The van der Waals surface area contributed by atoms with Gasteiger partial charge in [-0.1, -0.05) is 72.8 Å². The molecule has 0 N–H and O–H groups in total. The minimum atomic E-state index is 1.01. The first-order valence-electron chi connectivity index (χ1n) is 12.3. The van der Waals surface area contributed by atoms with E-state index in [1.54, 1.807) is 0 Å². The molecule has 0 bridgehead atoms. The van der Waals surface area contributed by atoms with Gasteiger partial charge in [-0.15, -0.1) is 0 Å². The Morgan fingerprint density at radius 1 is 0.500 bits per heavy atom. The van der Waals surface area contributed by atoms with E-state index in [9.17, 15) is 0 Å². The Hall–Kier alpha value is -4.10. The zero-order valence-corrected chi connectivity index (χ0v) is 18.7. The van der Waals surface area contributed by atoms with Gasteiger partial charge in [-0.25, -0.2) is 0 Å². The van der Waals surface area contributed by atoms with Crippen LogP contribution in [-0.2, 0) is 19.3 Å². The zero-order valence-electron chi connectivity index (χ0n) is 18.7. The molecule has 6 aromatic rings. The lowest BCUT2D eigenvalue weighted by molar-refractivity contribution is 1.04. The van der Waals surface area contributed by atoms with E-state index in [2.05, 4.69) is 95.6 Å². The maximum absolute atomic E-state index is 2.53. The second kappa shape index (κ2) is 5.87. The lowest BCUT2D eigenvalue weighted by atomic mass is 9.94. The summed E-state index contributed by atoms with van der Waals surface area (Å²) in [7, 11) is 0. The van der Waals surface area contributed by atoms with Crippen LogP contribution in [0.4, 0.5) is 0 Å². The van der Waals surface area contributed by atoms with Crippen molar-refractivity contribution in [1.82, 2.24) is 4.57 Å². The lowest BCUT2D eigenvalue weighted by Crippen LogP contribution is -2.07. The smallest absolute Gasteiger partial charge is 0.0576 e. The van der Waals surface area contributed by atoms with Gasteiger partial charge in [0.15, 0.2) is 0 Å². The molecule has 9 rings (SSSR count). The molecule has 1 aromatic heterocycles. The second-order valence-electron chi connectivity index (χ2n) is 10.1. The third-order valence-electron chi connectivity index (χ3n) is 8.40. The minimum Gasteiger partial charge on any atom is -0.309 e. The van der Waals surface area contributed by atoms with Gasteiger partial charge >= 0.3 is 0 Å². The number of fused-ring (bicyclic) bond motifs is 12. The maximum atomic E-state index is 2.53. The van der Waals surface area contributed by atoms with Gasteiger partial charge in [-0.05, 0) is 86.7 Å². The van der Waals surface area contributed by atoms with Crippen LogP contribution in [0.3, 0.4) is 0 Å². The normalized spacial score (nSPS) is 14.1. The number of para-hydroxylation sites is 2. The van der Waals surface area contributed by atoms with Crippen molar-refractivity contribution in [3.05, 3.63) is 124 Å². The first-order valence-corrected chi connectivity index (χ1v) is 12.3. The number of nitrogens with zero attached hydrogens (tertiary/aromatic N) is 1. The Morgan fingerprint density at radius 3 is 2.24 bits per heavy atom. The topological polar surface area (TPSA) is 4.93 Å². The van der Waals surface area contributed by atoms with Crippen LogP contribution >= 0.6 is 0 Å². The van der Waals surface area contributed by atoms with E-state index in [-0.39, 0.29) is 0 Å². The molecule has 0 saturated carbocycles. The first-order chi connectivity index (χ1) is 16.8. The largest absolute Gasteiger partial charge is 0.309 e. The Kier molecular flexibility index (Phi) is 3.00. The Morgan fingerprint density at radius 2 is 1.26 bits per heavy atom. The zero-order chi connectivity index (χ0) is 22.0. The number of hydrogen-bond donors (Lipinski definition) is 0. The fourth-order valence-electron chi connectivity index (χ4n) is 7.02. The van der Waals surface area contributed by atoms with Crippen molar-refractivity contribution in [2.45, 2.75) is 19.3 Å². The van der Waals surface area contributed by atoms with E-state index in [1.807, 2.05) is 0 Å². The number of aromatic nitrogens is 1. The molecule has 5 aromatic carbocycles. The first kappa shape index (κ1) is 17.4. The molecule has 1 heteroatoms. The van der Waals surface area contributed by atoms with Gasteiger partial charge in [0.1, 0.15) is 0 Å². The molecule has 2 aliphatic carbocycles. The Bertz CT molecular complexity index is 1880. The molecule has 0 radical (unpaired) electrons. The third kappa shape index (κ3) is 1.98. The summed E-state index contributed by atoms with van der Waals surface area (Å²) < 4.78 is 2.53. The van der Waals surface area contributed by atoms with Crippen LogP contribution in [0.5, 0.6) is 0 Å². The van der Waals surface area contributed by atoms with Gasteiger partial charge in [0.2, 0.25) is 0 Å². The molecular formula is C33H21N. The van der Waals surface area contributed by atoms with Crippen LogP contribution in [-0.4, -0.2) is 4.57 Å². The van der Waals surface area contributed by atoms with Crippen LogP contribution in [0.2, 0.25) is 0 Å². The molecule has 2 heterocycles. The van der Waals surface area contributed by atoms with Gasteiger partial charge < -0.3 is 4.57 Å². The fourth-order valence-corrected chi connectivity index (χ4v) is 7.02. The predicted octanol–water partition coefficient (Wildman–Crippen LogP) is 7.83. The van der Waals surface area contributed by atoms with E-state index >= 15 is 0 Å². The van der Waals surface area contributed by atoms with Crippen LogP contribution in [0.25, 0.3) is 49.7 Å². The van der Waals surface area contributed by atoms with Crippen molar-refractivity contribution >= 4 is 21.8 Å². The standard InChI is InChI=1S/C33H21N/c1-3-9-25-19(6-1)14-23-17-24-16-21-12-13-30-32(31(21)28(24)18-27(23)25)26-10-5-8-22-15-20-7-2-4-11-29(20)34(30)33(22)26/h1-13,17-18H,14-16H2. The molecule has 0 atom stereocenters. The molecule has 1 aliphatic heterocycles. The van der Waals surface area contributed by atoms with Gasteiger partial charge in [0, 0.05) is 22.9 Å². The Labute approximate surface area is 197 Å². The summed E-state index contributed by atoms with van der Waals surface area (Å²) >= 11 is 0. The second-order valence-corrected chi connectivity index (χ2v) is 10.1. The average molecular weight is 432 g/mol. The van der Waals surface area contributed by atoms with E-state index in [4.69, 9.17) is 0 Å². The monoisotopic (exact) mass is 431 g/mol. The number of benzene rings is 5. The van der Waals surface area contributed by atoms with Crippen molar-refractivity contribution in [1.29, 1.82) is 0 Å². The van der Waals surface area contributed by atoms with Crippen LogP contribution < -0.4 is 0 Å². The van der Waals surface area contributed by atoms with Crippen molar-refractivity contribution < 1.29 is 0 Å². The van der Waals surface area contributed by atoms with E-state index in [0.29, 0.717) is 0 Å². The fraction of sp³-hybridized carbons (Fsp3) is 0.0909. The van der Waals surface area contributed by atoms with Crippen LogP contribution in [0.15, 0.2) is 91.0 Å². The number of rotatable bonds is 0. The highest BCUT2D eigenvalue weighted by Crippen LogP contribution is 2.50. The van der Waals surface area contributed by atoms with Gasteiger partial charge in [-0.2, -0.15) is 0 Å². The quantitative estimate of drug-likeness (QED) is 0.231. The summed E-state index contributed by atoms with van der Waals surface area (Å²) in [6.07, 6.45) is 3.10. The summed E-state index contributed by atoms with van der Waals surface area (Å²) in [4.78, 5) is 0. The number of hydrogen-bond acceptors (Lipinski definition) is 0. The maximum Gasteiger partial charge on any atom is 0.0576 e. The molecule has 0 spiro atoms. The minimum absolute atomic E-state index is 1.01. The highest BCUT2D eigenvalue weighted by molar-refractivity contribution is 6.18. The lowest BCUT2D eigenvalue weighted by Gasteiger charge is -2.20. The molecule has 0 fully saturated rings. The average Bonchev–Trinajstić information content (AvgIpc) is 3.52. The summed E-state index contributed by atoms with van der Waals surface area (Å²) in [5, 5.41) is 2.82. The summed E-state index contributed by atoms with van der Waals surface area (Å²) in [6, 6.07) is 34.5. The van der Waals surface area contributed by atoms with Gasteiger partial charge in [0.05, 0.1) is 11.0 Å². The van der Waals surface area contributed by atoms with E-state index in [0.717, 1.165) is 19.3 Å². The molecule has 0 unspecified atom stereocenters. The highest BCUT2D eigenvalue weighted by atomic mass is 15.0. The van der Waals surface area contributed by atoms with Crippen LogP contribution in [0.1, 0.15) is 33.4 Å². The van der Waals surface area contributed by atoms with E-state index < -0.39 is 0 Å². The van der Waals surface area contributed by atoms with E-state index in [1.165, 1.54) is 83.1 Å². The van der Waals surface area contributed by atoms with Crippen molar-refractivity contribution in [2.75, 3.05) is 0 Å². The highest BCUT2D eigenvalue weighted by Gasteiger charge is 2.30. The summed E-state index contributed by atoms with van der Waals surface area (Å²) in [5.41, 5.74) is 18.6. The SMILES string of the molecule is c1ccc2c(c1)Cc1cc3c(cc1-2)-c1c(ccc2c1c1cccc4c1n2-c1ccccc1C4)C3. The summed E-state index contributed by atoms with van der Waals surface area (Å²) in [6.45, 7) is 0. The molecule has 3 aliphatic rings. The molecule has 158 valence electrons. The van der Waals surface area contributed by atoms with Crippen molar-refractivity contribution in [2.24, 2.45) is 0 Å². The summed E-state index contributed by atoms with van der Waals surface area (Å²) in [5.74, 6) is 0.